The van der Waals surface area contributed by atoms with Crippen LogP contribution in [0.2, 0.25) is 0 Å². The lowest BCUT2D eigenvalue weighted by Gasteiger charge is -2.05. The summed E-state index contributed by atoms with van der Waals surface area (Å²) in [5.74, 6) is 1.41. The number of carbonyl (C=O) groups excluding carboxylic acids is 1. The SMILES string of the molecule is CCn1c(SCC(=O)Nc2nc3ccccc3s2)nnc1-c1cc2ccccc2o1. The van der Waals surface area contributed by atoms with Gasteiger partial charge in [-0.2, -0.15) is 0 Å². The predicted octanol–water partition coefficient (Wildman–Crippen LogP) is 5.05. The van der Waals surface area contributed by atoms with Crippen LogP contribution in [0.1, 0.15) is 6.92 Å². The van der Waals surface area contributed by atoms with Crippen molar-refractivity contribution < 1.29 is 9.21 Å². The van der Waals surface area contributed by atoms with Gasteiger partial charge in [0.2, 0.25) is 11.7 Å². The van der Waals surface area contributed by atoms with Crippen molar-refractivity contribution in [1.82, 2.24) is 19.7 Å². The zero-order chi connectivity index (χ0) is 20.5. The normalized spacial score (nSPS) is 11.4. The summed E-state index contributed by atoms with van der Waals surface area (Å²) in [5.41, 5.74) is 1.69. The minimum absolute atomic E-state index is 0.130. The van der Waals surface area contributed by atoms with Gasteiger partial charge in [-0.1, -0.05) is 53.4 Å². The Morgan fingerprint density at radius 2 is 2.00 bits per heavy atom. The first-order valence-electron chi connectivity index (χ1n) is 9.41. The number of nitrogens with zero attached hydrogens (tertiary/aromatic N) is 4. The largest absolute Gasteiger partial charge is 0.453 e. The zero-order valence-electron chi connectivity index (χ0n) is 16.0. The molecular formula is C21H17N5O2S2. The number of rotatable bonds is 6. The summed E-state index contributed by atoms with van der Waals surface area (Å²) in [5, 5.41) is 13.7. The van der Waals surface area contributed by atoms with Crippen LogP contribution in [0.3, 0.4) is 0 Å². The Balaban J connectivity index is 1.30. The number of anilines is 1. The van der Waals surface area contributed by atoms with Crippen molar-refractivity contribution >= 4 is 55.3 Å². The third-order valence-electron chi connectivity index (χ3n) is 4.55. The maximum atomic E-state index is 12.4. The van der Waals surface area contributed by atoms with E-state index < -0.39 is 0 Å². The molecule has 0 saturated heterocycles. The van der Waals surface area contributed by atoms with Gasteiger partial charge in [-0.25, -0.2) is 4.98 Å². The number of hydrogen-bond acceptors (Lipinski definition) is 7. The van der Waals surface area contributed by atoms with E-state index in [4.69, 9.17) is 4.42 Å². The summed E-state index contributed by atoms with van der Waals surface area (Å²) in [6.45, 7) is 2.68. The molecule has 3 aromatic heterocycles. The van der Waals surface area contributed by atoms with Gasteiger partial charge in [0.05, 0.1) is 16.0 Å². The third kappa shape index (κ3) is 3.57. The molecule has 7 nitrogen and oxygen atoms in total. The predicted molar refractivity (Wildman–Crippen MR) is 120 cm³/mol. The van der Waals surface area contributed by atoms with Crippen LogP contribution in [0.15, 0.2) is 64.2 Å². The lowest BCUT2D eigenvalue weighted by atomic mass is 10.2. The number of fused-ring (bicyclic) bond motifs is 2. The molecule has 0 saturated carbocycles. The number of thiazole rings is 1. The minimum Gasteiger partial charge on any atom is -0.453 e. The zero-order valence-corrected chi connectivity index (χ0v) is 17.7. The Bertz CT molecular complexity index is 1290. The van der Waals surface area contributed by atoms with E-state index in [9.17, 15) is 4.79 Å². The first-order chi connectivity index (χ1) is 14.7. The van der Waals surface area contributed by atoms with Crippen LogP contribution >= 0.6 is 23.1 Å². The fourth-order valence-corrected chi connectivity index (χ4v) is 4.85. The molecule has 1 amide bonds. The summed E-state index contributed by atoms with van der Waals surface area (Å²) in [6, 6.07) is 17.6. The van der Waals surface area contributed by atoms with Crippen molar-refractivity contribution in [2.45, 2.75) is 18.6 Å². The van der Waals surface area contributed by atoms with Crippen molar-refractivity contribution in [3.8, 4) is 11.6 Å². The van der Waals surface area contributed by atoms with Crippen LogP contribution in [0, 0.1) is 0 Å². The van der Waals surface area contributed by atoms with Gasteiger partial charge >= 0.3 is 0 Å². The fraction of sp³-hybridized carbons (Fsp3) is 0.143. The highest BCUT2D eigenvalue weighted by Gasteiger charge is 2.18. The highest BCUT2D eigenvalue weighted by Crippen LogP contribution is 2.30. The minimum atomic E-state index is -0.130. The van der Waals surface area contributed by atoms with Crippen LogP contribution in [-0.4, -0.2) is 31.4 Å². The number of amides is 1. The molecule has 0 aliphatic carbocycles. The van der Waals surface area contributed by atoms with Crippen molar-refractivity contribution in [2.24, 2.45) is 0 Å². The Labute approximate surface area is 180 Å². The molecule has 1 N–H and O–H groups in total. The lowest BCUT2D eigenvalue weighted by Crippen LogP contribution is -2.14. The van der Waals surface area contributed by atoms with Gasteiger partial charge in [0.1, 0.15) is 5.58 Å². The van der Waals surface area contributed by atoms with E-state index in [-0.39, 0.29) is 11.7 Å². The number of hydrogen-bond donors (Lipinski definition) is 1. The highest BCUT2D eigenvalue weighted by atomic mass is 32.2. The summed E-state index contributed by atoms with van der Waals surface area (Å²) < 4.78 is 8.92. The number of carbonyl (C=O) groups is 1. The Kier molecular flexibility index (Phi) is 4.97. The van der Waals surface area contributed by atoms with E-state index in [1.54, 1.807) is 0 Å². The van der Waals surface area contributed by atoms with Gasteiger partial charge in [-0.05, 0) is 31.2 Å². The molecule has 150 valence electrons. The quantitative estimate of drug-likeness (QED) is 0.376. The van der Waals surface area contributed by atoms with Crippen LogP contribution in [0.5, 0.6) is 0 Å². The van der Waals surface area contributed by atoms with Gasteiger partial charge in [0, 0.05) is 11.9 Å². The molecule has 0 fully saturated rings. The number of benzene rings is 2. The summed E-state index contributed by atoms with van der Waals surface area (Å²) in [6.07, 6.45) is 0. The van der Waals surface area contributed by atoms with Crippen LogP contribution in [0.4, 0.5) is 5.13 Å². The summed E-state index contributed by atoms with van der Waals surface area (Å²) in [4.78, 5) is 16.9. The first-order valence-corrected chi connectivity index (χ1v) is 11.2. The highest BCUT2D eigenvalue weighted by molar-refractivity contribution is 7.99. The van der Waals surface area contributed by atoms with Crippen molar-refractivity contribution in [2.75, 3.05) is 11.1 Å². The van der Waals surface area contributed by atoms with Crippen molar-refractivity contribution in [3.05, 3.63) is 54.6 Å². The average molecular weight is 436 g/mol. The van der Waals surface area contributed by atoms with Crippen LogP contribution in [-0.2, 0) is 11.3 Å². The molecule has 3 heterocycles. The van der Waals surface area contributed by atoms with Crippen LogP contribution < -0.4 is 5.32 Å². The van der Waals surface area contributed by atoms with Crippen LogP contribution in [0.25, 0.3) is 32.8 Å². The van der Waals surface area contributed by atoms with Gasteiger partial charge in [-0.3, -0.25) is 9.36 Å². The number of furan rings is 1. The standard InChI is InChI=1S/C21H17N5O2S2/c1-2-26-19(16-11-13-7-3-5-9-15(13)28-16)24-25-21(26)29-12-18(27)23-20-22-14-8-4-6-10-17(14)30-20/h3-11H,2,12H2,1H3,(H,22,23,27). The maximum Gasteiger partial charge on any atom is 0.236 e. The first kappa shape index (κ1) is 18.8. The molecule has 0 spiro atoms. The molecule has 5 rings (SSSR count). The van der Waals surface area contributed by atoms with Gasteiger partial charge < -0.3 is 9.73 Å². The second-order valence-corrected chi connectivity index (χ2v) is 8.50. The monoisotopic (exact) mass is 435 g/mol. The number of para-hydroxylation sites is 2. The third-order valence-corrected chi connectivity index (χ3v) is 6.47. The van der Waals surface area contributed by atoms with Gasteiger partial charge in [0.15, 0.2) is 16.0 Å². The molecule has 5 aromatic rings. The molecule has 0 aliphatic rings. The molecule has 9 heteroatoms. The molecule has 30 heavy (non-hydrogen) atoms. The molecule has 0 unspecified atom stereocenters. The fourth-order valence-electron chi connectivity index (χ4n) is 3.17. The molecule has 0 radical (unpaired) electrons. The number of thioether (sulfide) groups is 1. The van der Waals surface area contributed by atoms with Crippen molar-refractivity contribution in [3.63, 3.8) is 0 Å². The second-order valence-electron chi connectivity index (χ2n) is 6.52. The second kappa shape index (κ2) is 7.92. The van der Waals surface area contributed by atoms with E-state index in [0.29, 0.717) is 28.4 Å². The Hall–Kier alpha value is -3.17. The van der Waals surface area contributed by atoms with E-state index in [1.165, 1.54) is 23.1 Å². The molecular weight excluding hydrogens is 418 g/mol. The smallest absolute Gasteiger partial charge is 0.236 e. The summed E-state index contributed by atoms with van der Waals surface area (Å²) >= 11 is 2.80. The Morgan fingerprint density at radius 3 is 2.83 bits per heavy atom. The molecule has 0 bridgehead atoms. The van der Waals surface area contributed by atoms with E-state index in [2.05, 4.69) is 20.5 Å². The molecule has 2 aromatic carbocycles. The van der Waals surface area contributed by atoms with E-state index in [1.807, 2.05) is 66.1 Å². The van der Waals surface area contributed by atoms with E-state index in [0.717, 1.165) is 21.2 Å². The number of nitrogens with one attached hydrogen (secondary N) is 1. The average Bonchev–Trinajstić information content (AvgIpc) is 3.46. The Morgan fingerprint density at radius 1 is 1.17 bits per heavy atom. The maximum absolute atomic E-state index is 12.4. The molecule has 0 atom stereocenters. The number of aromatic nitrogens is 4. The van der Waals surface area contributed by atoms with Gasteiger partial charge in [0.25, 0.3) is 0 Å². The van der Waals surface area contributed by atoms with Crippen molar-refractivity contribution in [1.29, 1.82) is 0 Å². The molecule has 0 aliphatic heterocycles. The van der Waals surface area contributed by atoms with E-state index >= 15 is 0 Å². The topological polar surface area (TPSA) is 85.8 Å². The summed E-state index contributed by atoms with van der Waals surface area (Å²) in [7, 11) is 0. The lowest BCUT2D eigenvalue weighted by molar-refractivity contribution is -0.113. The van der Waals surface area contributed by atoms with Gasteiger partial charge in [-0.15, -0.1) is 10.2 Å².